The van der Waals surface area contributed by atoms with Crippen molar-refractivity contribution >= 4 is 34.3 Å². The predicted octanol–water partition coefficient (Wildman–Crippen LogP) is 5.23. The van der Waals surface area contributed by atoms with Gasteiger partial charge in [-0.15, -0.1) is 0 Å². The molecule has 0 radical (unpaired) electrons. The first kappa shape index (κ1) is 19.6. The van der Waals surface area contributed by atoms with Gasteiger partial charge < -0.3 is 9.15 Å². The van der Waals surface area contributed by atoms with Gasteiger partial charge >= 0.3 is 11.6 Å². The molecule has 0 aliphatic carbocycles. The van der Waals surface area contributed by atoms with Gasteiger partial charge in [0, 0.05) is 21.5 Å². The van der Waals surface area contributed by atoms with E-state index in [-0.39, 0.29) is 5.56 Å². The highest BCUT2D eigenvalue weighted by Crippen LogP contribution is 2.25. The Hall–Kier alpha value is -3.70. The van der Waals surface area contributed by atoms with Crippen molar-refractivity contribution in [1.82, 2.24) is 0 Å². The summed E-state index contributed by atoms with van der Waals surface area (Å²) in [5.74, 6) is -1.37. The Balaban J connectivity index is 1.72. The second-order valence-corrected chi connectivity index (χ2v) is 6.99. The fourth-order valence-electron chi connectivity index (χ4n) is 3.04. The molecule has 1 atom stereocenters. The number of esters is 1. The summed E-state index contributed by atoms with van der Waals surface area (Å²) in [4.78, 5) is 38.2. The van der Waals surface area contributed by atoms with Gasteiger partial charge in [0.25, 0.3) is 0 Å². The summed E-state index contributed by atoms with van der Waals surface area (Å²) in [6, 6.07) is 23.1. The molecule has 1 heterocycles. The van der Waals surface area contributed by atoms with Gasteiger partial charge in [-0.1, -0.05) is 72.3 Å². The van der Waals surface area contributed by atoms with E-state index in [0.29, 0.717) is 27.1 Å². The summed E-state index contributed by atoms with van der Waals surface area (Å²) in [6.45, 7) is 0. The predicted molar refractivity (Wildman–Crippen MR) is 113 cm³/mol. The van der Waals surface area contributed by atoms with E-state index in [1.165, 1.54) is 6.07 Å². The van der Waals surface area contributed by atoms with Crippen molar-refractivity contribution < 1.29 is 18.7 Å². The Bertz CT molecular complexity index is 1280. The maximum atomic E-state index is 13.1. The van der Waals surface area contributed by atoms with E-state index in [2.05, 4.69) is 0 Å². The maximum absolute atomic E-state index is 13.1. The molecule has 5 nitrogen and oxygen atoms in total. The van der Waals surface area contributed by atoms with E-state index < -0.39 is 23.5 Å². The lowest BCUT2D eigenvalue weighted by Gasteiger charge is -2.17. The van der Waals surface area contributed by atoms with Crippen molar-refractivity contribution in [2.75, 3.05) is 0 Å². The molecule has 0 saturated carbocycles. The van der Waals surface area contributed by atoms with E-state index in [1.54, 1.807) is 78.9 Å². The average molecular weight is 419 g/mol. The zero-order chi connectivity index (χ0) is 21.1. The summed E-state index contributed by atoms with van der Waals surface area (Å²) < 4.78 is 10.7. The number of carbonyl (C=O) groups is 2. The number of ketones is 1. The van der Waals surface area contributed by atoms with Crippen LogP contribution in [0.15, 0.2) is 94.1 Å². The molecule has 0 amide bonds. The fourth-order valence-corrected chi connectivity index (χ4v) is 3.17. The van der Waals surface area contributed by atoms with Gasteiger partial charge in [0.1, 0.15) is 11.1 Å². The van der Waals surface area contributed by atoms with E-state index in [0.717, 1.165) is 0 Å². The molecule has 0 aliphatic heterocycles. The highest BCUT2D eigenvalue weighted by Gasteiger charge is 2.28. The van der Waals surface area contributed by atoms with Crippen molar-refractivity contribution in [2.45, 2.75) is 6.10 Å². The van der Waals surface area contributed by atoms with Crippen molar-refractivity contribution in [3.05, 3.63) is 117 Å². The summed E-state index contributed by atoms with van der Waals surface area (Å²) in [5, 5.41) is 1.05. The van der Waals surface area contributed by atoms with Gasteiger partial charge in [0.2, 0.25) is 5.78 Å². The normalized spacial score (nSPS) is 11.8. The number of para-hydroxylation sites is 1. The molecule has 0 fully saturated rings. The van der Waals surface area contributed by atoms with Crippen LogP contribution in [-0.2, 0) is 4.74 Å². The fraction of sp³-hybridized carbons (Fsp3) is 0.0417. The number of ether oxygens (including phenoxy) is 1. The average Bonchev–Trinajstić information content (AvgIpc) is 2.77. The van der Waals surface area contributed by atoms with Gasteiger partial charge in [0.05, 0.1) is 0 Å². The number of fused-ring (bicyclic) bond motifs is 1. The molecule has 0 spiro atoms. The van der Waals surface area contributed by atoms with E-state index >= 15 is 0 Å². The first-order valence-corrected chi connectivity index (χ1v) is 9.49. The smallest absolute Gasteiger partial charge is 0.351 e. The van der Waals surface area contributed by atoms with Crippen molar-refractivity contribution in [3.8, 4) is 0 Å². The number of benzene rings is 3. The molecule has 0 saturated heterocycles. The number of rotatable bonds is 5. The van der Waals surface area contributed by atoms with Gasteiger partial charge in [-0.3, -0.25) is 4.79 Å². The Morgan fingerprint density at radius 1 is 0.867 bits per heavy atom. The molecule has 0 aliphatic rings. The highest BCUT2D eigenvalue weighted by atomic mass is 35.5. The van der Waals surface area contributed by atoms with Gasteiger partial charge in [-0.2, -0.15) is 0 Å². The van der Waals surface area contributed by atoms with Crippen molar-refractivity contribution in [1.29, 1.82) is 0 Å². The van der Waals surface area contributed by atoms with Crippen LogP contribution in [-0.4, -0.2) is 11.8 Å². The SMILES string of the molecule is O=C(O[C@H](C(=O)c1ccccc1)c1ccc(Cl)cc1)c1cc2ccccc2oc1=O. The number of hydrogen-bond acceptors (Lipinski definition) is 5. The minimum Gasteiger partial charge on any atom is -0.445 e. The lowest BCUT2D eigenvalue weighted by molar-refractivity contribution is 0.0276. The van der Waals surface area contributed by atoms with Crippen LogP contribution in [0.3, 0.4) is 0 Å². The van der Waals surface area contributed by atoms with Crippen LogP contribution in [0.2, 0.25) is 5.02 Å². The summed E-state index contributed by atoms with van der Waals surface area (Å²) in [6.07, 6.45) is -1.25. The third-order valence-electron chi connectivity index (χ3n) is 4.56. The lowest BCUT2D eigenvalue weighted by Crippen LogP contribution is -2.23. The molecule has 0 bridgehead atoms. The number of Topliss-reactive ketones (excluding diaryl/α,β-unsaturated/α-hetero) is 1. The summed E-state index contributed by atoms with van der Waals surface area (Å²) >= 11 is 5.94. The minimum atomic E-state index is -1.25. The Morgan fingerprint density at radius 2 is 1.53 bits per heavy atom. The Labute approximate surface area is 176 Å². The highest BCUT2D eigenvalue weighted by molar-refractivity contribution is 6.30. The molecular formula is C24H15ClO5. The molecular weight excluding hydrogens is 404 g/mol. The first-order valence-electron chi connectivity index (χ1n) is 9.11. The minimum absolute atomic E-state index is 0.284. The molecule has 148 valence electrons. The van der Waals surface area contributed by atoms with Crippen LogP contribution in [0.4, 0.5) is 0 Å². The van der Waals surface area contributed by atoms with E-state index in [9.17, 15) is 14.4 Å². The van der Waals surface area contributed by atoms with Crippen LogP contribution in [0.25, 0.3) is 11.0 Å². The number of halogens is 1. The van der Waals surface area contributed by atoms with Crippen molar-refractivity contribution in [3.63, 3.8) is 0 Å². The summed E-state index contributed by atoms with van der Waals surface area (Å²) in [5.41, 5.74) is 0.0467. The lowest BCUT2D eigenvalue weighted by atomic mass is 9.99. The van der Waals surface area contributed by atoms with Crippen LogP contribution in [0, 0.1) is 0 Å². The largest absolute Gasteiger partial charge is 0.445 e. The Morgan fingerprint density at radius 3 is 2.27 bits per heavy atom. The third kappa shape index (κ3) is 4.02. The van der Waals surface area contributed by atoms with Crippen molar-refractivity contribution in [2.24, 2.45) is 0 Å². The molecule has 30 heavy (non-hydrogen) atoms. The second-order valence-electron chi connectivity index (χ2n) is 6.55. The zero-order valence-electron chi connectivity index (χ0n) is 15.6. The molecule has 1 aromatic heterocycles. The number of carbonyl (C=O) groups excluding carboxylic acids is 2. The molecule has 6 heteroatoms. The van der Waals surface area contributed by atoms with Gasteiger partial charge in [0.15, 0.2) is 6.10 Å². The molecule has 0 N–H and O–H groups in total. The Kier molecular flexibility index (Phi) is 5.46. The third-order valence-corrected chi connectivity index (χ3v) is 4.81. The van der Waals surface area contributed by atoms with Crippen LogP contribution in [0.5, 0.6) is 0 Å². The van der Waals surface area contributed by atoms with Crippen LogP contribution < -0.4 is 5.63 Å². The van der Waals surface area contributed by atoms with E-state index in [1.807, 2.05) is 0 Å². The van der Waals surface area contributed by atoms with Gasteiger partial charge in [-0.05, 0) is 24.3 Å². The monoisotopic (exact) mass is 418 g/mol. The quantitative estimate of drug-likeness (QED) is 0.252. The zero-order valence-corrected chi connectivity index (χ0v) is 16.3. The molecule has 4 aromatic rings. The molecule has 3 aromatic carbocycles. The van der Waals surface area contributed by atoms with Crippen LogP contribution in [0.1, 0.15) is 32.4 Å². The molecule has 4 rings (SSSR count). The molecule has 0 unspecified atom stereocenters. The standard InChI is InChI=1S/C24H15ClO5/c25-18-12-10-16(11-13-18)22(21(26)15-6-2-1-3-7-15)30-24(28)19-14-17-8-4-5-9-20(17)29-23(19)27/h1-14,22H/t22-/m0/s1. The number of hydrogen-bond donors (Lipinski definition) is 0. The first-order chi connectivity index (χ1) is 14.5. The maximum Gasteiger partial charge on any atom is 0.351 e. The van der Waals surface area contributed by atoms with Crippen LogP contribution >= 0.6 is 11.6 Å². The second kappa shape index (κ2) is 8.35. The summed E-state index contributed by atoms with van der Waals surface area (Å²) in [7, 11) is 0. The van der Waals surface area contributed by atoms with Gasteiger partial charge in [-0.25, -0.2) is 9.59 Å². The van der Waals surface area contributed by atoms with E-state index in [4.69, 9.17) is 20.8 Å². The topological polar surface area (TPSA) is 73.6 Å².